The van der Waals surface area contributed by atoms with Crippen LogP contribution in [-0.2, 0) is 6.42 Å². The fraction of sp³-hybridized carbons (Fsp3) is 0.400. The number of phenols is 1. The van der Waals surface area contributed by atoms with Gasteiger partial charge in [0.1, 0.15) is 11.6 Å². The number of rotatable bonds is 5. The Morgan fingerprint density at radius 3 is 2.72 bits per heavy atom. The van der Waals surface area contributed by atoms with E-state index in [9.17, 15) is 5.11 Å². The zero-order chi connectivity index (χ0) is 18.8. The average Bonchev–Trinajstić information content (AvgIpc) is 2.56. The van der Waals surface area contributed by atoms with Gasteiger partial charge in [-0.1, -0.05) is 13.8 Å². The summed E-state index contributed by atoms with van der Waals surface area (Å²) in [6.45, 7) is 8.60. The Morgan fingerprint density at radius 2 is 2.16 bits per heavy atom. The number of nitrogens with two attached hydrogens (primary N) is 1. The minimum absolute atomic E-state index is 0.234. The van der Waals surface area contributed by atoms with Gasteiger partial charge in [-0.25, -0.2) is 0 Å². The number of phenolic OH excluding ortho intramolecular Hbond substituents is 1. The molecule has 0 spiro atoms. The van der Waals surface area contributed by atoms with Crippen LogP contribution in [0, 0.1) is 17.8 Å². The molecule has 2 rings (SSSR count). The number of amidine groups is 1. The third-order valence-electron chi connectivity index (χ3n) is 4.68. The maximum Gasteiger partial charge on any atom is 0.139 e. The Morgan fingerprint density at radius 1 is 1.48 bits per heavy atom. The molecule has 132 valence electrons. The summed E-state index contributed by atoms with van der Waals surface area (Å²) in [5, 5.41) is 10.5. The van der Waals surface area contributed by atoms with E-state index < -0.39 is 0 Å². The summed E-state index contributed by atoms with van der Waals surface area (Å²) in [6, 6.07) is 3.55. The molecule has 1 aromatic carbocycles. The van der Waals surface area contributed by atoms with E-state index in [1.54, 1.807) is 13.1 Å². The van der Waals surface area contributed by atoms with Crippen molar-refractivity contribution in [2.45, 2.75) is 26.7 Å². The maximum absolute atomic E-state index is 10.5. The number of anilines is 1. The van der Waals surface area contributed by atoms with Crippen molar-refractivity contribution in [3.05, 3.63) is 28.8 Å². The summed E-state index contributed by atoms with van der Waals surface area (Å²) in [6.07, 6.45) is 6.70. The quantitative estimate of drug-likeness (QED) is 0.492. The number of hydrogen-bond donors (Lipinski definition) is 2. The van der Waals surface area contributed by atoms with E-state index in [1.807, 2.05) is 18.0 Å². The molecule has 0 aliphatic heterocycles. The molecule has 0 saturated heterocycles. The number of fused-ring (bicyclic) bond motifs is 1. The van der Waals surface area contributed by atoms with E-state index in [0.717, 1.165) is 28.1 Å². The highest BCUT2D eigenvalue weighted by molar-refractivity contribution is 6.06. The minimum atomic E-state index is -0.289. The summed E-state index contributed by atoms with van der Waals surface area (Å²) in [4.78, 5) is 10.4. The smallest absolute Gasteiger partial charge is 0.139 e. The van der Waals surface area contributed by atoms with Crippen LogP contribution in [0.5, 0.6) is 5.75 Å². The molecule has 0 fully saturated rings. The number of benzene rings is 1. The van der Waals surface area contributed by atoms with Gasteiger partial charge in [0.2, 0.25) is 0 Å². The van der Waals surface area contributed by atoms with E-state index in [2.05, 4.69) is 36.5 Å². The van der Waals surface area contributed by atoms with Crippen LogP contribution in [0.4, 0.5) is 5.69 Å². The van der Waals surface area contributed by atoms with Crippen molar-refractivity contribution < 1.29 is 5.11 Å². The van der Waals surface area contributed by atoms with E-state index in [4.69, 9.17) is 12.2 Å². The van der Waals surface area contributed by atoms with Gasteiger partial charge in [-0.3, -0.25) is 9.98 Å². The second-order valence-corrected chi connectivity index (χ2v) is 6.89. The molecule has 0 atom stereocenters. The monoisotopic (exact) mass is 338 g/mol. The molecular weight excluding hydrogens is 312 g/mol. The molecule has 3 N–H and O–H groups in total. The molecule has 0 unspecified atom stereocenters. The van der Waals surface area contributed by atoms with Crippen LogP contribution in [0.1, 0.15) is 31.4 Å². The topological polar surface area (TPSA) is 74.2 Å². The lowest BCUT2D eigenvalue weighted by atomic mass is 9.70. The van der Waals surface area contributed by atoms with Gasteiger partial charge in [0.15, 0.2) is 0 Å². The number of nitrogens with zero attached hydrogens (tertiary/aromatic N) is 3. The van der Waals surface area contributed by atoms with Crippen molar-refractivity contribution in [3.8, 4) is 18.1 Å². The average molecular weight is 338 g/mol. The first-order chi connectivity index (χ1) is 11.8. The third-order valence-corrected chi connectivity index (χ3v) is 4.68. The standard InChI is InChI=1S/C20H26N4O/c1-7-8-11-24(6)18-14-12-20(2,3)16(19(21)23-5)17(22-4)13(14)9-10-15(18)25/h1,9-10,25H,4,8,11-12H2,2-3,5-6H3,(H2,21,23). The largest absolute Gasteiger partial charge is 0.506 e. The van der Waals surface area contributed by atoms with Crippen LogP contribution in [0.25, 0.3) is 5.70 Å². The van der Waals surface area contributed by atoms with E-state index in [0.29, 0.717) is 25.2 Å². The van der Waals surface area contributed by atoms with Crippen molar-refractivity contribution in [3.63, 3.8) is 0 Å². The van der Waals surface area contributed by atoms with Gasteiger partial charge < -0.3 is 15.7 Å². The van der Waals surface area contributed by atoms with Crippen LogP contribution in [0.2, 0.25) is 0 Å². The zero-order valence-electron chi connectivity index (χ0n) is 15.4. The molecule has 0 aromatic heterocycles. The third kappa shape index (κ3) is 3.25. The van der Waals surface area contributed by atoms with Crippen molar-refractivity contribution >= 4 is 23.9 Å². The zero-order valence-corrected chi connectivity index (χ0v) is 15.4. The van der Waals surface area contributed by atoms with Crippen LogP contribution in [-0.4, -0.2) is 38.3 Å². The second-order valence-electron chi connectivity index (χ2n) is 6.89. The van der Waals surface area contributed by atoms with Gasteiger partial charge in [-0.2, -0.15) is 0 Å². The van der Waals surface area contributed by atoms with Crippen molar-refractivity contribution in [2.75, 3.05) is 25.5 Å². The summed E-state index contributed by atoms with van der Waals surface area (Å²) in [5.74, 6) is 3.34. The molecule has 0 bridgehead atoms. The molecule has 25 heavy (non-hydrogen) atoms. The highest BCUT2D eigenvalue weighted by Gasteiger charge is 2.37. The molecule has 5 heteroatoms. The van der Waals surface area contributed by atoms with Gasteiger partial charge in [-0.15, -0.1) is 12.3 Å². The molecule has 1 aliphatic carbocycles. The van der Waals surface area contributed by atoms with E-state index in [-0.39, 0.29) is 11.2 Å². The summed E-state index contributed by atoms with van der Waals surface area (Å²) < 4.78 is 0. The van der Waals surface area contributed by atoms with Gasteiger partial charge in [-0.05, 0) is 36.2 Å². The Hall–Kier alpha value is -2.74. The molecule has 1 aliphatic rings. The molecule has 0 radical (unpaired) electrons. The van der Waals surface area contributed by atoms with Gasteiger partial charge in [0, 0.05) is 38.2 Å². The lowest BCUT2D eigenvalue weighted by molar-refractivity contribution is 0.447. The maximum atomic E-state index is 10.5. The van der Waals surface area contributed by atoms with Gasteiger partial charge >= 0.3 is 0 Å². The van der Waals surface area contributed by atoms with Crippen LogP contribution in [0.3, 0.4) is 0 Å². The number of terminal acetylenes is 1. The molecule has 0 heterocycles. The minimum Gasteiger partial charge on any atom is -0.506 e. The number of aliphatic imine (C=N–C) groups is 2. The molecule has 0 amide bonds. The summed E-state index contributed by atoms with van der Waals surface area (Å²) >= 11 is 0. The Balaban J connectivity index is 2.76. The second kappa shape index (κ2) is 7.02. The first-order valence-corrected chi connectivity index (χ1v) is 8.22. The van der Waals surface area contributed by atoms with E-state index >= 15 is 0 Å². The molecule has 1 aromatic rings. The Labute approximate surface area is 150 Å². The molecule has 5 nitrogen and oxygen atoms in total. The van der Waals surface area contributed by atoms with Crippen molar-refractivity contribution in [1.82, 2.24) is 0 Å². The van der Waals surface area contributed by atoms with Gasteiger partial charge in [0.05, 0.1) is 11.4 Å². The fourth-order valence-electron chi connectivity index (χ4n) is 3.52. The van der Waals surface area contributed by atoms with Gasteiger partial charge in [0.25, 0.3) is 0 Å². The fourth-order valence-corrected chi connectivity index (χ4v) is 3.52. The SMILES string of the molecule is C#CCCN(C)c1c(O)ccc2c1CC(C)(C)C(C(N)=NC)=C2N=C. The lowest BCUT2D eigenvalue weighted by Crippen LogP contribution is -2.34. The van der Waals surface area contributed by atoms with E-state index in [1.165, 1.54) is 0 Å². The van der Waals surface area contributed by atoms with Crippen LogP contribution >= 0.6 is 0 Å². The summed E-state index contributed by atoms with van der Waals surface area (Å²) in [5.41, 5.74) is 10.2. The highest BCUT2D eigenvalue weighted by atomic mass is 16.3. The number of aromatic hydroxyl groups is 1. The predicted octanol–water partition coefficient (Wildman–Crippen LogP) is 2.83. The Bertz CT molecular complexity index is 797. The normalized spacial score (nSPS) is 16.2. The first-order valence-electron chi connectivity index (χ1n) is 8.22. The summed E-state index contributed by atoms with van der Waals surface area (Å²) in [7, 11) is 3.60. The highest BCUT2D eigenvalue weighted by Crippen LogP contribution is 2.48. The van der Waals surface area contributed by atoms with Crippen LogP contribution < -0.4 is 10.6 Å². The number of hydrogen-bond acceptors (Lipinski definition) is 4. The predicted molar refractivity (Wildman–Crippen MR) is 106 cm³/mol. The van der Waals surface area contributed by atoms with Crippen molar-refractivity contribution in [1.29, 1.82) is 0 Å². The molecular formula is C20H26N4O. The first kappa shape index (κ1) is 18.6. The van der Waals surface area contributed by atoms with Crippen LogP contribution in [0.15, 0.2) is 27.7 Å². The Kier molecular flexibility index (Phi) is 5.22. The molecule has 0 saturated carbocycles. The van der Waals surface area contributed by atoms with Crippen molar-refractivity contribution in [2.24, 2.45) is 21.1 Å². The lowest BCUT2D eigenvalue weighted by Gasteiger charge is -2.37.